The van der Waals surface area contributed by atoms with Crippen molar-refractivity contribution in [3.63, 3.8) is 0 Å². The van der Waals surface area contributed by atoms with Crippen LogP contribution < -0.4 is 0 Å². The standard InChI is InChI=1S/C25H32N2O3/c1-19(28)27-14-8-20(9-15-27)4-7-25(29)23-6-5-21-10-12-26(13-11-22(21)17-23)18-24-3-2-16-30-24/h2-3,5-6,16-17,20H,4,7-15,18H2,1H3. The Kier molecular flexibility index (Phi) is 6.68. The van der Waals surface area contributed by atoms with Crippen LogP contribution in [0.3, 0.4) is 0 Å². The van der Waals surface area contributed by atoms with Gasteiger partial charge in [0, 0.05) is 45.1 Å². The summed E-state index contributed by atoms with van der Waals surface area (Å²) < 4.78 is 5.49. The van der Waals surface area contributed by atoms with Gasteiger partial charge in [0.15, 0.2) is 5.78 Å². The predicted molar refractivity (Wildman–Crippen MR) is 116 cm³/mol. The lowest BCUT2D eigenvalue weighted by Crippen LogP contribution is -2.37. The highest BCUT2D eigenvalue weighted by atomic mass is 16.3. The largest absolute Gasteiger partial charge is 0.468 e. The topological polar surface area (TPSA) is 53.8 Å². The molecular weight excluding hydrogens is 376 g/mol. The fourth-order valence-electron chi connectivity index (χ4n) is 4.74. The Hall–Kier alpha value is -2.40. The highest BCUT2D eigenvalue weighted by Gasteiger charge is 2.22. The molecule has 1 fully saturated rings. The van der Waals surface area contributed by atoms with Gasteiger partial charge in [0.1, 0.15) is 5.76 Å². The average Bonchev–Trinajstić information content (AvgIpc) is 3.19. The molecule has 5 nitrogen and oxygen atoms in total. The fraction of sp³-hybridized carbons (Fsp3) is 0.520. The lowest BCUT2D eigenvalue weighted by molar-refractivity contribution is -0.130. The molecule has 1 amide bonds. The van der Waals surface area contributed by atoms with Crippen molar-refractivity contribution in [2.45, 2.75) is 52.0 Å². The predicted octanol–water partition coefficient (Wildman–Crippen LogP) is 4.10. The summed E-state index contributed by atoms with van der Waals surface area (Å²) in [5.41, 5.74) is 3.54. The molecule has 3 heterocycles. The number of nitrogens with zero attached hydrogens (tertiary/aromatic N) is 2. The van der Waals surface area contributed by atoms with Gasteiger partial charge in [-0.15, -0.1) is 0 Å². The molecule has 0 aliphatic carbocycles. The number of piperidine rings is 1. The molecule has 5 heteroatoms. The minimum atomic E-state index is 0.164. The van der Waals surface area contributed by atoms with Gasteiger partial charge >= 0.3 is 0 Å². The van der Waals surface area contributed by atoms with Gasteiger partial charge in [-0.25, -0.2) is 0 Å². The molecule has 0 saturated carbocycles. The van der Waals surface area contributed by atoms with Crippen LogP contribution in [0.25, 0.3) is 0 Å². The molecule has 1 aromatic heterocycles. The molecule has 0 N–H and O–H groups in total. The summed E-state index contributed by atoms with van der Waals surface area (Å²) in [6.07, 6.45) is 7.28. The van der Waals surface area contributed by atoms with E-state index in [1.165, 1.54) is 11.1 Å². The molecule has 0 radical (unpaired) electrons. The molecule has 0 unspecified atom stereocenters. The van der Waals surface area contributed by atoms with Crippen LogP contribution in [0.1, 0.15) is 59.9 Å². The number of benzene rings is 1. The van der Waals surface area contributed by atoms with Crippen LogP contribution in [-0.4, -0.2) is 47.7 Å². The molecule has 2 aromatic rings. The van der Waals surface area contributed by atoms with E-state index in [-0.39, 0.29) is 11.7 Å². The summed E-state index contributed by atoms with van der Waals surface area (Å²) in [5, 5.41) is 0. The van der Waals surface area contributed by atoms with Crippen LogP contribution in [0.5, 0.6) is 0 Å². The van der Waals surface area contributed by atoms with Crippen molar-refractivity contribution in [1.82, 2.24) is 9.80 Å². The maximum absolute atomic E-state index is 12.8. The third-order valence-corrected chi connectivity index (χ3v) is 6.72. The Balaban J connectivity index is 1.29. The Bertz CT molecular complexity index is 867. The maximum atomic E-state index is 12.8. The minimum Gasteiger partial charge on any atom is -0.468 e. The van der Waals surface area contributed by atoms with E-state index in [1.54, 1.807) is 13.2 Å². The molecule has 0 bridgehead atoms. The van der Waals surface area contributed by atoms with Gasteiger partial charge in [0.05, 0.1) is 12.8 Å². The molecular formula is C25H32N2O3. The van der Waals surface area contributed by atoms with E-state index in [0.29, 0.717) is 12.3 Å². The first-order valence-corrected chi connectivity index (χ1v) is 11.2. The zero-order chi connectivity index (χ0) is 20.9. The van der Waals surface area contributed by atoms with Crippen LogP contribution in [0.2, 0.25) is 0 Å². The number of hydrogen-bond acceptors (Lipinski definition) is 4. The van der Waals surface area contributed by atoms with Crippen LogP contribution in [0.15, 0.2) is 41.0 Å². The highest BCUT2D eigenvalue weighted by molar-refractivity contribution is 5.96. The lowest BCUT2D eigenvalue weighted by Gasteiger charge is -2.31. The smallest absolute Gasteiger partial charge is 0.219 e. The van der Waals surface area contributed by atoms with Crippen molar-refractivity contribution in [2.24, 2.45) is 5.92 Å². The van der Waals surface area contributed by atoms with Crippen molar-refractivity contribution >= 4 is 11.7 Å². The maximum Gasteiger partial charge on any atom is 0.219 e. The van der Waals surface area contributed by atoms with Crippen molar-refractivity contribution < 1.29 is 14.0 Å². The second kappa shape index (κ2) is 9.61. The number of carbonyl (C=O) groups excluding carboxylic acids is 2. The van der Waals surface area contributed by atoms with E-state index in [1.807, 2.05) is 23.1 Å². The summed E-state index contributed by atoms with van der Waals surface area (Å²) in [7, 11) is 0. The molecule has 0 atom stereocenters. The zero-order valence-electron chi connectivity index (χ0n) is 17.9. The summed E-state index contributed by atoms with van der Waals surface area (Å²) in [5.74, 6) is 1.98. The third kappa shape index (κ3) is 5.20. The second-order valence-corrected chi connectivity index (χ2v) is 8.75. The molecule has 30 heavy (non-hydrogen) atoms. The normalized spacial score (nSPS) is 18.1. The first-order chi connectivity index (χ1) is 14.6. The quantitative estimate of drug-likeness (QED) is 0.675. The molecule has 0 spiro atoms. The number of fused-ring (bicyclic) bond motifs is 1. The Morgan fingerprint density at radius 1 is 1.03 bits per heavy atom. The van der Waals surface area contributed by atoms with Crippen molar-refractivity contribution in [1.29, 1.82) is 0 Å². The van der Waals surface area contributed by atoms with Gasteiger partial charge in [-0.2, -0.15) is 0 Å². The average molecular weight is 409 g/mol. The highest BCUT2D eigenvalue weighted by Crippen LogP contribution is 2.24. The van der Waals surface area contributed by atoms with E-state index < -0.39 is 0 Å². The Morgan fingerprint density at radius 3 is 2.50 bits per heavy atom. The van der Waals surface area contributed by atoms with Gasteiger partial charge in [-0.05, 0) is 67.3 Å². The van der Waals surface area contributed by atoms with Crippen LogP contribution in [0.4, 0.5) is 0 Å². The van der Waals surface area contributed by atoms with Crippen LogP contribution in [-0.2, 0) is 24.2 Å². The molecule has 4 rings (SSSR count). The van der Waals surface area contributed by atoms with E-state index in [9.17, 15) is 9.59 Å². The third-order valence-electron chi connectivity index (χ3n) is 6.72. The minimum absolute atomic E-state index is 0.164. The van der Waals surface area contributed by atoms with Crippen LogP contribution in [0, 0.1) is 5.92 Å². The van der Waals surface area contributed by atoms with Gasteiger partial charge in [-0.1, -0.05) is 12.1 Å². The van der Waals surface area contributed by atoms with E-state index in [4.69, 9.17) is 4.42 Å². The first-order valence-electron chi connectivity index (χ1n) is 11.2. The molecule has 160 valence electrons. The van der Waals surface area contributed by atoms with E-state index >= 15 is 0 Å². The number of hydrogen-bond donors (Lipinski definition) is 0. The number of amides is 1. The zero-order valence-corrected chi connectivity index (χ0v) is 17.9. The molecule has 2 aliphatic heterocycles. The number of rotatable bonds is 6. The van der Waals surface area contributed by atoms with E-state index in [2.05, 4.69) is 17.0 Å². The number of Topliss-reactive ketones (excluding diaryl/α,β-unsaturated/α-hetero) is 1. The second-order valence-electron chi connectivity index (χ2n) is 8.75. The summed E-state index contributed by atoms with van der Waals surface area (Å²) in [4.78, 5) is 28.6. The van der Waals surface area contributed by atoms with Gasteiger partial charge < -0.3 is 9.32 Å². The lowest BCUT2D eigenvalue weighted by atomic mass is 9.89. The number of likely N-dealkylation sites (tertiary alicyclic amines) is 1. The molecule has 1 aromatic carbocycles. The van der Waals surface area contributed by atoms with Gasteiger partial charge in [0.25, 0.3) is 0 Å². The number of furan rings is 1. The number of carbonyl (C=O) groups is 2. The molecule has 2 aliphatic rings. The van der Waals surface area contributed by atoms with Crippen molar-refractivity contribution in [2.75, 3.05) is 26.2 Å². The van der Waals surface area contributed by atoms with E-state index in [0.717, 1.165) is 76.2 Å². The Morgan fingerprint density at radius 2 is 1.80 bits per heavy atom. The molecule has 1 saturated heterocycles. The first kappa shape index (κ1) is 20.9. The monoisotopic (exact) mass is 408 g/mol. The van der Waals surface area contributed by atoms with Gasteiger partial charge in [-0.3, -0.25) is 14.5 Å². The van der Waals surface area contributed by atoms with Crippen molar-refractivity contribution in [3.8, 4) is 0 Å². The summed E-state index contributed by atoms with van der Waals surface area (Å²) in [6.45, 7) is 6.15. The van der Waals surface area contributed by atoms with Crippen molar-refractivity contribution in [3.05, 3.63) is 59.0 Å². The fourth-order valence-corrected chi connectivity index (χ4v) is 4.74. The number of ketones is 1. The van der Waals surface area contributed by atoms with Crippen LogP contribution >= 0.6 is 0 Å². The SMILES string of the molecule is CC(=O)N1CCC(CCC(=O)c2ccc3c(c2)CCN(Cc2ccco2)CC3)CC1. The summed E-state index contributed by atoms with van der Waals surface area (Å²) >= 11 is 0. The summed E-state index contributed by atoms with van der Waals surface area (Å²) in [6, 6.07) is 10.3. The van der Waals surface area contributed by atoms with Gasteiger partial charge in [0.2, 0.25) is 5.91 Å². The Labute approximate surface area is 179 Å².